The Kier molecular flexibility index (Phi) is 7.84. The monoisotopic (exact) mass is 422 g/mol. The summed E-state index contributed by atoms with van der Waals surface area (Å²) in [6.07, 6.45) is 0.771. The second-order valence-electron chi connectivity index (χ2n) is 6.01. The number of esters is 1. The maximum Gasteiger partial charge on any atom is 0.340 e. The molecular weight excluding hydrogens is 403 g/mol. The van der Waals surface area contributed by atoms with Crippen LogP contribution in [0.15, 0.2) is 42.5 Å². The highest BCUT2D eigenvalue weighted by Gasteiger charge is 2.18. The smallest absolute Gasteiger partial charge is 0.340 e. The first-order valence-electron chi connectivity index (χ1n) is 8.55. The number of amides is 2. The van der Waals surface area contributed by atoms with Gasteiger partial charge in [0.2, 0.25) is 5.91 Å². The maximum atomic E-state index is 12.2. The zero-order valence-electron chi connectivity index (χ0n) is 15.5. The molecule has 0 spiro atoms. The molecule has 0 aliphatic carbocycles. The van der Waals surface area contributed by atoms with Gasteiger partial charge in [0, 0.05) is 17.8 Å². The normalized spacial score (nSPS) is 10.3. The quantitative estimate of drug-likeness (QED) is 0.688. The van der Waals surface area contributed by atoms with E-state index in [9.17, 15) is 14.4 Å². The van der Waals surface area contributed by atoms with Crippen molar-refractivity contribution in [3.63, 3.8) is 0 Å². The molecule has 0 aliphatic rings. The van der Waals surface area contributed by atoms with Crippen LogP contribution in [0.3, 0.4) is 0 Å². The summed E-state index contributed by atoms with van der Waals surface area (Å²) in [5.74, 6) is -1.64. The topological polar surface area (TPSA) is 75.7 Å². The fourth-order valence-electron chi connectivity index (χ4n) is 2.41. The highest BCUT2D eigenvalue weighted by Crippen LogP contribution is 2.21. The molecule has 0 heterocycles. The van der Waals surface area contributed by atoms with Gasteiger partial charge in [0.1, 0.15) is 0 Å². The summed E-state index contributed by atoms with van der Waals surface area (Å²) in [4.78, 5) is 37.6. The molecule has 0 bridgehead atoms. The third-order valence-corrected chi connectivity index (χ3v) is 4.52. The third kappa shape index (κ3) is 5.97. The number of hydrogen-bond acceptors (Lipinski definition) is 4. The van der Waals surface area contributed by atoms with E-state index in [1.807, 2.05) is 25.1 Å². The molecule has 28 heavy (non-hydrogen) atoms. The number of carbonyl (C=O) groups excluding carboxylic acids is 3. The van der Waals surface area contributed by atoms with Gasteiger partial charge in [-0.2, -0.15) is 0 Å². The van der Waals surface area contributed by atoms with E-state index >= 15 is 0 Å². The fourth-order valence-corrected chi connectivity index (χ4v) is 2.78. The number of nitrogens with zero attached hydrogens (tertiary/aromatic N) is 1. The lowest BCUT2D eigenvalue weighted by Crippen LogP contribution is -2.37. The predicted molar refractivity (Wildman–Crippen MR) is 109 cm³/mol. The standard InChI is InChI=1S/C20H20Cl2N2O4/c1-3-13-6-4-5-7-17(13)23-18(25)11-24(2)19(26)12-28-20(27)15-10-14(21)8-9-16(15)22/h4-10H,3,11-12H2,1-2H3,(H,23,25). The second kappa shape index (κ2) is 10.1. The van der Waals surface area contributed by atoms with Crippen LogP contribution in [-0.2, 0) is 20.7 Å². The summed E-state index contributed by atoms with van der Waals surface area (Å²) in [7, 11) is 1.45. The average molecular weight is 423 g/mol. The van der Waals surface area contributed by atoms with Crippen molar-refractivity contribution in [3.05, 3.63) is 63.6 Å². The van der Waals surface area contributed by atoms with Crippen LogP contribution >= 0.6 is 23.2 Å². The van der Waals surface area contributed by atoms with Crippen molar-refractivity contribution in [2.24, 2.45) is 0 Å². The fraction of sp³-hybridized carbons (Fsp3) is 0.250. The minimum Gasteiger partial charge on any atom is -0.452 e. The number of halogens is 2. The number of hydrogen-bond donors (Lipinski definition) is 1. The predicted octanol–water partition coefficient (Wildman–Crippen LogP) is 3.81. The number of ether oxygens (including phenoxy) is 1. The van der Waals surface area contributed by atoms with E-state index < -0.39 is 18.5 Å². The van der Waals surface area contributed by atoms with Crippen molar-refractivity contribution in [2.75, 3.05) is 25.5 Å². The first kappa shape index (κ1) is 21.7. The number of likely N-dealkylation sites (N-methyl/N-ethyl adjacent to an activating group) is 1. The molecule has 148 valence electrons. The zero-order chi connectivity index (χ0) is 20.7. The molecule has 2 amide bonds. The molecule has 1 N–H and O–H groups in total. The lowest BCUT2D eigenvalue weighted by Gasteiger charge is -2.17. The number of rotatable bonds is 7. The van der Waals surface area contributed by atoms with Crippen molar-refractivity contribution < 1.29 is 19.1 Å². The van der Waals surface area contributed by atoms with E-state index in [1.165, 1.54) is 30.1 Å². The maximum absolute atomic E-state index is 12.2. The summed E-state index contributed by atoms with van der Waals surface area (Å²) < 4.78 is 4.98. The lowest BCUT2D eigenvalue weighted by atomic mass is 10.1. The van der Waals surface area contributed by atoms with Gasteiger partial charge in [0.25, 0.3) is 5.91 Å². The molecule has 8 heteroatoms. The minimum atomic E-state index is -0.768. The highest BCUT2D eigenvalue weighted by atomic mass is 35.5. The van der Waals surface area contributed by atoms with Gasteiger partial charge in [0.15, 0.2) is 6.61 Å². The van der Waals surface area contributed by atoms with E-state index in [0.717, 1.165) is 12.0 Å². The van der Waals surface area contributed by atoms with E-state index in [1.54, 1.807) is 6.07 Å². The van der Waals surface area contributed by atoms with Gasteiger partial charge in [0.05, 0.1) is 17.1 Å². The summed E-state index contributed by atoms with van der Waals surface area (Å²) in [5.41, 5.74) is 1.77. The molecule has 0 fully saturated rings. The van der Waals surface area contributed by atoms with Gasteiger partial charge < -0.3 is 15.0 Å². The molecule has 2 rings (SSSR count). The van der Waals surface area contributed by atoms with Crippen molar-refractivity contribution >= 4 is 46.7 Å². The second-order valence-corrected chi connectivity index (χ2v) is 6.85. The van der Waals surface area contributed by atoms with Crippen molar-refractivity contribution in [2.45, 2.75) is 13.3 Å². The highest BCUT2D eigenvalue weighted by molar-refractivity contribution is 6.35. The molecule has 0 atom stereocenters. The molecular formula is C20H20Cl2N2O4. The van der Waals surface area contributed by atoms with Gasteiger partial charge in [-0.3, -0.25) is 9.59 Å². The molecule has 6 nitrogen and oxygen atoms in total. The van der Waals surface area contributed by atoms with Crippen LogP contribution in [0.5, 0.6) is 0 Å². The van der Waals surface area contributed by atoms with Gasteiger partial charge in [-0.25, -0.2) is 4.79 Å². The minimum absolute atomic E-state index is 0.0681. The summed E-state index contributed by atoms with van der Waals surface area (Å²) >= 11 is 11.8. The Hall–Kier alpha value is -2.57. The van der Waals surface area contributed by atoms with Crippen LogP contribution in [0.1, 0.15) is 22.8 Å². The molecule has 0 saturated carbocycles. The number of benzene rings is 2. The Morgan fingerprint density at radius 1 is 1.11 bits per heavy atom. The van der Waals surface area contributed by atoms with Gasteiger partial charge in [-0.05, 0) is 36.2 Å². The molecule has 2 aromatic carbocycles. The van der Waals surface area contributed by atoms with Crippen LogP contribution in [0.2, 0.25) is 10.0 Å². The van der Waals surface area contributed by atoms with Crippen LogP contribution in [0.25, 0.3) is 0 Å². The summed E-state index contributed by atoms with van der Waals surface area (Å²) in [6.45, 7) is 1.30. The Morgan fingerprint density at radius 2 is 1.82 bits per heavy atom. The van der Waals surface area contributed by atoms with Crippen molar-refractivity contribution in [1.29, 1.82) is 0 Å². The van der Waals surface area contributed by atoms with Gasteiger partial charge >= 0.3 is 5.97 Å². The van der Waals surface area contributed by atoms with E-state index in [-0.39, 0.29) is 23.0 Å². The first-order chi connectivity index (χ1) is 13.3. The summed E-state index contributed by atoms with van der Waals surface area (Å²) in [5, 5.41) is 3.27. The van der Waals surface area contributed by atoms with E-state index in [4.69, 9.17) is 27.9 Å². The molecule has 0 aromatic heterocycles. The largest absolute Gasteiger partial charge is 0.452 e. The molecule has 0 radical (unpaired) electrons. The number of para-hydroxylation sites is 1. The van der Waals surface area contributed by atoms with Gasteiger partial charge in [-0.1, -0.05) is 48.3 Å². The number of aryl methyl sites for hydroxylation is 1. The van der Waals surface area contributed by atoms with Crippen LogP contribution in [0.4, 0.5) is 5.69 Å². The first-order valence-corrected chi connectivity index (χ1v) is 9.31. The summed E-state index contributed by atoms with van der Waals surface area (Å²) in [6, 6.07) is 11.8. The average Bonchev–Trinajstić information content (AvgIpc) is 2.67. The van der Waals surface area contributed by atoms with Crippen LogP contribution < -0.4 is 5.32 Å². The third-order valence-electron chi connectivity index (χ3n) is 3.95. The van der Waals surface area contributed by atoms with Crippen LogP contribution in [-0.4, -0.2) is 42.9 Å². The zero-order valence-corrected chi connectivity index (χ0v) is 17.0. The molecule has 2 aromatic rings. The Bertz CT molecular complexity index is 886. The van der Waals surface area contributed by atoms with E-state index in [2.05, 4.69) is 5.32 Å². The molecule has 0 aliphatic heterocycles. The van der Waals surface area contributed by atoms with E-state index in [0.29, 0.717) is 10.7 Å². The SMILES string of the molecule is CCc1ccccc1NC(=O)CN(C)C(=O)COC(=O)c1cc(Cl)ccc1Cl. The molecule has 0 saturated heterocycles. The Morgan fingerprint density at radius 3 is 2.54 bits per heavy atom. The Balaban J connectivity index is 1.87. The van der Waals surface area contributed by atoms with Gasteiger partial charge in [-0.15, -0.1) is 0 Å². The number of nitrogens with one attached hydrogen (secondary N) is 1. The number of anilines is 1. The van der Waals surface area contributed by atoms with Crippen LogP contribution in [0, 0.1) is 0 Å². The van der Waals surface area contributed by atoms with Crippen molar-refractivity contribution in [3.8, 4) is 0 Å². The van der Waals surface area contributed by atoms with Crippen molar-refractivity contribution in [1.82, 2.24) is 4.90 Å². The molecule has 0 unspecified atom stereocenters. The Labute approximate surface area is 173 Å². The number of carbonyl (C=O) groups is 3. The lowest BCUT2D eigenvalue weighted by molar-refractivity contribution is -0.136.